The molecule has 1 aromatic heterocycles. The Labute approximate surface area is 106 Å². The minimum Gasteiger partial charge on any atom is -0.476 e. The number of carboxylic acids is 1. The van der Waals surface area contributed by atoms with Gasteiger partial charge in [0, 0.05) is 5.38 Å². The third-order valence-electron chi connectivity index (χ3n) is 1.61. The molecule has 3 N–H and O–H groups in total. The van der Waals surface area contributed by atoms with Crippen LogP contribution in [0.5, 0.6) is 0 Å². The van der Waals surface area contributed by atoms with Crippen molar-refractivity contribution in [3.63, 3.8) is 0 Å². The first kappa shape index (κ1) is 13.9. The first-order valence-corrected chi connectivity index (χ1v) is 5.72. The molecule has 8 nitrogen and oxygen atoms in total. The average Bonchev–Trinajstić information content (AvgIpc) is 2.71. The number of esters is 1. The van der Waals surface area contributed by atoms with Crippen LogP contribution >= 0.6 is 11.3 Å². The van der Waals surface area contributed by atoms with E-state index in [4.69, 9.17) is 10.8 Å². The smallest absolute Gasteiger partial charge is 0.360 e. The van der Waals surface area contributed by atoms with Gasteiger partial charge in [-0.25, -0.2) is 14.6 Å². The van der Waals surface area contributed by atoms with Crippen LogP contribution < -0.4 is 5.73 Å². The number of aliphatic carboxylic acids is 1. The zero-order valence-electron chi connectivity index (χ0n) is 9.45. The Bertz CT molecular complexity index is 471. The fourth-order valence-corrected chi connectivity index (χ4v) is 1.49. The van der Waals surface area contributed by atoms with Crippen LogP contribution in [0.1, 0.15) is 12.6 Å². The quantitative estimate of drug-likeness (QED) is 0.427. The molecule has 0 unspecified atom stereocenters. The van der Waals surface area contributed by atoms with E-state index in [2.05, 4.69) is 19.7 Å². The van der Waals surface area contributed by atoms with E-state index in [1.54, 1.807) is 6.92 Å². The van der Waals surface area contributed by atoms with E-state index in [-0.39, 0.29) is 17.4 Å². The summed E-state index contributed by atoms with van der Waals surface area (Å²) in [7, 11) is 0. The van der Waals surface area contributed by atoms with Gasteiger partial charge in [-0.2, -0.15) is 0 Å². The lowest BCUT2D eigenvalue weighted by Crippen LogP contribution is -2.17. The molecule has 0 saturated heterocycles. The van der Waals surface area contributed by atoms with Gasteiger partial charge in [0.25, 0.3) is 0 Å². The van der Waals surface area contributed by atoms with Crippen LogP contribution in [0.2, 0.25) is 0 Å². The second kappa shape index (κ2) is 6.55. The number of anilines is 1. The van der Waals surface area contributed by atoms with E-state index < -0.39 is 24.3 Å². The summed E-state index contributed by atoms with van der Waals surface area (Å²) in [6.07, 6.45) is 0. The highest BCUT2D eigenvalue weighted by Crippen LogP contribution is 2.12. The minimum atomic E-state index is -1.33. The summed E-state index contributed by atoms with van der Waals surface area (Å²) >= 11 is 1.07. The molecular formula is C9H11N3O5S. The summed E-state index contributed by atoms with van der Waals surface area (Å²) in [5.74, 6) is -1.96. The van der Waals surface area contributed by atoms with Crippen LogP contribution in [0.3, 0.4) is 0 Å². The number of hydrogen-bond donors (Lipinski definition) is 2. The van der Waals surface area contributed by atoms with Crippen LogP contribution in [-0.2, 0) is 19.2 Å². The Morgan fingerprint density at radius 1 is 1.61 bits per heavy atom. The number of oxime groups is 1. The highest BCUT2D eigenvalue weighted by atomic mass is 32.1. The highest BCUT2D eigenvalue weighted by molar-refractivity contribution is 7.13. The largest absolute Gasteiger partial charge is 0.476 e. The fraction of sp³-hybridized carbons (Fsp3) is 0.333. The van der Waals surface area contributed by atoms with Crippen molar-refractivity contribution in [1.29, 1.82) is 0 Å². The van der Waals surface area contributed by atoms with Crippen molar-refractivity contribution >= 4 is 34.1 Å². The van der Waals surface area contributed by atoms with E-state index in [1.807, 2.05) is 0 Å². The number of nitrogen functional groups attached to an aromatic ring is 1. The van der Waals surface area contributed by atoms with Gasteiger partial charge in [-0.05, 0) is 6.92 Å². The van der Waals surface area contributed by atoms with Crippen LogP contribution in [0, 0.1) is 0 Å². The predicted molar refractivity (Wildman–Crippen MR) is 63.3 cm³/mol. The number of carbonyl (C=O) groups excluding carboxylic acids is 1. The number of ether oxygens (including phenoxy) is 1. The Morgan fingerprint density at radius 2 is 2.33 bits per heavy atom. The summed E-state index contributed by atoms with van der Waals surface area (Å²) in [5.41, 5.74) is 5.03. The Hall–Kier alpha value is -2.16. The molecule has 0 spiro atoms. The van der Waals surface area contributed by atoms with Gasteiger partial charge in [-0.1, -0.05) is 5.16 Å². The maximum Gasteiger partial charge on any atom is 0.360 e. The molecule has 0 saturated carbocycles. The summed E-state index contributed by atoms with van der Waals surface area (Å²) in [4.78, 5) is 30.2. The first-order valence-electron chi connectivity index (χ1n) is 4.84. The second-order valence-corrected chi connectivity index (χ2v) is 3.78. The highest BCUT2D eigenvalue weighted by Gasteiger charge is 2.17. The molecule has 0 aromatic carbocycles. The number of rotatable bonds is 6. The van der Waals surface area contributed by atoms with E-state index in [0.717, 1.165) is 11.3 Å². The molecule has 0 bridgehead atoms. The topological polar surface area (TPSA) is 124 Å². The monoisotopic (exact) mass is 273 g/mol. The van der Waals surface area contributed by atoms with Gasteiger partial charge < -0.3 is 20.4 Å². The van der Waals surface area contributed by atoms with Crippen molar-refractivity contribution in [2.24, 2.45) is 5.16 Å². The maximum absolute atomic E-state index is 10.9. The number of hydrogen-bond acceptors (Lipinski definition) is 8. The van der Waals surface area contributed by atoms with Gasteiger partial charge >= 0.3 is 11.9 Å². The number of thiazole rings is 1. The van der Waals surface area contributed by atoms with E-state index in [0.29, 0.717) is 0 Å². The minimum absolute atomic E-state index is 0.0776. The van der Waals surface area contributed by atoms with Crippen molar-refractivity contribution in [2.75, 3.05) is 18.9 Å². The van der Waals surface area contributed by atoms with Gasteiger partial charge in [-0.3, -0.25) is 0 Å². The molecule has 18 heavy (non-hydrogen) atoms. The van der Waals surface area contributed by atoms with Crippen molar-refractivity contribution in [1.82, 2.24) is 4.98 Å². The molecule has 0 aliphatic heterocycles. The summed E-state index contributed by atoms with van der Waals surface area (Å²) in [6, 6.07) is 0. The number of carbonyl (C=O) groups is 2. The third-order valence-corrected chi connectivity index (χ3v) is 2.28. The van der Waals surface area contributed by atoms with Crippen molar-refractivity contribution in [3.05, 3.63) is 11.1 Å². The molecule has 0 radical (unpaired) electrons. The zero-order chi connectivity index (χ0) is 13.5. The first-order chi connectivity index (χ1) is 8.54. The lowest BCUT2D eigenvalue weighted by atomic mass is 10.3. The number of nitrogens with zero attached hydrogens (tertiary/aromatic N) is 2. The van der Waals surface area contributed by atoms with E-state index in [1.165, 1.54) is 5.38 Å². The van der Waals surface area contributed by atoms with Gasteiger partial charge in [0.1, 0.15) is 5.69 Å². The standard InChI is InChI=1S/C9H11N3O5S/c1-2-16-6(13)3-17-12-7(8(14)15)5-4-18-9(10)11-5/h4H,2-3H2,1H3,(H2,10,11)(H,14,15). The zero-order valence-corrected chi connectivity index (χ0v) is 10.3. The van der Waals surface area contributed by atoms with Crippen molar-refractivity contribution < 1.29 is 24.3 Å². The van der Waals surface area contributed by atoms with Crippen molar-refractivity contribution in [2.45, 2.75) is 6.92 Å². The third kappa shape index (κ3) is 4.01. The lowest BCUT2D eigenvalue weighted by Gasteiger charge is -2.01. The maximum atomic E-state index is 10.9. The van der Waals surface area contributed by atoms with Crippen LogP contribution in [-0.4, -0.2) is 41.0 Å². The van der Waals surface area contributed by atoms with Gasteiger partial charge in [0.05, 0.1) is 6.61 Å². The normalized spacial score (nSPS) is 11.1. The van der Waals surface area contributed by atoms with E-state index >= 15 is 0 Å². The second-order valence-electron chi connectivity index (χ2n) is 2.89. The molecular weight excluding hydrogens is 262 g/mol. The molecule has 1 rings (SSSR count). The van der Waals surface area contributed by atoms with Crippen LogP contribution in [0.4, 0.5) is 5.13 Å². The Kier molecular flexibility index (Phi) is 5.06. The molecule has 1 aromatic rings. The average molecular weight is 273 g/mol. The molecule has 98 valence electrons. The molecule has 0 atom stereocenters. The number of aromatic nitrogens is 1. The summed E-state index contributed by atoms with van der Waals surface area (Å²) in [6.45, 7) is 1.38. The van der Waals surface area contributed by atoms with Gasteiger partial charge in [0.15, 0.2) is 5.13 Å². The summed E-state index contributed by atoms with van der Waals surface area (Å²) in [5, 5.41) is 13.9. The summed E-state index contributed by atoms with van der Waals surface area (Å²) < 4.78 is 4.58. The lowest BCUT2D eigenvalue weighted by molar-refractivity contribution is -0.148. The van der Waals surface area contributed by atoms with Gasteiger partial charge in [-0.15, -0.1) is 11.3 Å². The molecule has 0 aliphatic rings. The Balaban J connectivity index is 2.68. The Morgan fingerprint density at radius 3 is 2.83 bits per heavy atom. The molecule has 0 fully saturated rings. The fourth-order valence-electron chi connectivity index (χ4n) is 0.944. The predicted octanol–water partition coefficient (Wildman–Crippen LogP) is 0.0937. The van der Waals surface area contributed by atoms with Crippen LogP contribution in [0.15, 0.2) is 10.5 Å². The molecule has 9 heteroatoms. The SMILES string of the molecule is CCOC(=O)CON=C(C(=O)O)c1csc(N)n1. The van der Waals surface area contributed by atoms with Crippen molar-refractivity contribution in [3.8, 4) is 0 Å². The van der Waals surface area contributed by atoms with Crippen LogP contribution in [0.25, 0.3) is 0 Å². The number of carboxylic acid groups (broad SMARTS) is 1. The number of nitrogens with two attached hydrogens (primary N) is 1. The van der Waals surface area contributed by atoms with E-state index in [9.17, 15) is 9.59 Å². The molecule has 0 aliphatic carbocycles. The molecule has 0 amide bonds. The molecule has 1 heterocycles. The van der Waals surface area contributed by atoms with Gasteiger partial charge in [0.2, 0.25) is 12.3 Å².